The van der Waals surface area contributed by atoms with Gasteiger partial charge in [-0.3, -0.25) is 0 Å². The molecule has 0 spiro atoms. The van der Waals surface area contributed by atoms with E-state index in [9.17, 15) is 0 Å². The second kappa shape index (κ2) is 4.40. The summed E-state index contributed by atoms with van der Waals surface area (Å²) in [5.74, 6) is 0.686. The second-order valence-corrected chi connectivity index (χ2v) is 5.15. The van der Waals surface area contributed by atoms with Gasteiger partial charge in [-0.1, -0.05) is 25.5 Å². The van der Waals surface area contributed by atoms with E-state index in [2.05, 4.69) is 31.8 Å². The van der Waals surface area contributed by atoms with Crippen molar-refractivity contribution >= 4 is 11.6 Å². The van der Waals surface area contributed by atoms with Gasteiger partial charge in [0.1, 0.15) is 6.61 Å². The van der Waals surface area contributed by atoms with Crippen molar-refractivity contribution in [3.8, 4) is 0 Å². The minimum Gasteiger partial charge on any atom is -0.475 e. The highest BCUT2D eigenvalue weighted by Crippen LogP contribution is 2.26. The molecule has 0 amide bonds. The summed E-state index contributed by atoms with van der Waals surface area (Å²) in [5, 5.41) is 0. The molecule has 3 nitrogen and oxygen atoms in total. The molecule has 1 aliphatic rings. The second-order valence-electron chi connectivity index (χ2n) is 5.15. The van der Waals surface area contributed by atoms with E-state index in [1.165, 1.54) is 5.56 Å². The van der Waals surface area contributed by atoms with Crippen molar-refractivity contribution in [2.45, 2.75) is 39.2 Å². The third-order valence-electron chi connectivity index (χ3n) is 2.91. The van der Waals surface area contributed by atoms with E-state index in [1.807, 2.05) is 12.1 Å². The van der Waals surface area contributed by atoms with Crippen molar-refractivity contribution in [3.63, 3.8) is 0 Å². The first kappa shape index (κ1) is 12.0. The average Bonchev–Trinajstić information content (AvgIpc) is 2.62. The van der Waals surface area contributed by atoms with Crippen molar-refractivity contribution in [2.24, 2.45) is 4.99 Å². The largest absolute Gasteiger partial charge is 0.475 e. The van der Waals surface area contributed by atoms with Crippen LogP contribution in [0, 0.1) is 0 Å². The van der Waals surface area contributed by atoms with Crippen LogP contribution in [0.5, 0.6) is 0 Å². The van der Waals surface area contributed by atoms with Crippen LogP contribution in [0.15, 0.2) is 23.2 Å². The van der Waals surface area contributed by atoms with Gasteiger partial charge < -0.3 is 10.5 Å². The number of ether oxygens (including phenoxy) is 1. The number of nitrogens with zero attached hydrogens (tertiary/aromatic N) is 1. The van der Waals surface area contributed by atoms with Gasteiger partial charge in [0.25, 0.3) is 0 Å². The Morgan fingerprint density at radius 2 is 2.18 bits per heavy atom. The summed E-state index contributed by atoms with van der Waals surface area (Å²) in [4.78, 5) is 4.57. The highest BCUT2D eigenvalue weighted by molar-refractivity contribution is 6.00. The van der Waals surface area contributed by atoms with E-state index in [0.29, 0.717) is 12.5 Å². The van der Waals surface area contributed by atoms with Gasteiger partial charge in [-0.15, -0.1) is 0 Å². The molecule has 3 heteroatoms. The summed E-state index contributed by atoms with van der Waals surface area (Å²) in [6.45, 7) is 6.90. The van der Waals surface area contributed by atoms with E-state index in [4.69, 9.17) is 10.5 Å². The molecular formula is C14H20N2O. The first-order chi connectivity index (χ1) is 8.03. The number of hydrogen-bond donors (Lipinski definition) is 1. The van der Waals surface area contributed by atoms with Crippen LogP contribution < -0.4 is 5.73 Å². The molecular weight excluding hydrogens is 212 g/mol. The van der Waals surface area contributed by atoms with E-state index in [1.54, 1.807) is 0 Å². The Morgan fingerprint density at radius 1 is 1.41 bits per heavy atom. The Morgan fingerprint density at radius 3 is 2.76 bits per heavy atom. The molecule has 0 aliphatic carbocycles. The molecule has 0 radical (unpaired) electrons. The first-order valence-corrected chi connectivity index (χ1v) is 6.14. The third-order valence-corrected chi connectivity index (χ3v) is 2.91. The molecule has 92 valence electrons. The number of nitrogens with two attached hydrogens (primary N) is 1. The van der Waals surface area contributed by atoms with Crippen molar-refractivity contribution in [3.05, 3.63) is 29.3 Å². The van der Waals surface area contributed by atoms with Gasteiger partial charge in [-0.25, -0.2) is 4.99 Å². The molecule has 0 unspecified atom stereocenters. The van der Waals surface area contributed by atoms with E-state index in [0.717, 1.165) is 24.1 Å². The standard InChI is InChI=1S/C14H20N2O/c1-4-6-10-7-5-8-11(12(10)15)13-16-14(2,3)9-17-13/h5,7-8H,4,6,9,15H2,1-3H3. The fourth-order valence-corrected chi connectivity index (χ4v) is 2.01. The number of aliphatic imine (C=N–C) groups is 1. The van der Waals surface area contributed by atoms with E-state index >= 15 is 0 Å². The van der Waals surface area contributed by atoms with Crippen molar-refractivity contribution < 1.29 is 4.74 Å². The van der Waals surface area contributed by atoms with E-state index < -0.39 is 0 Å². The molecule has 1 aromatic carbocycles. The number of hydrogen-bond acceptors (Lipinski definition) is 3. The predicted octanol–water partition coefficient (Wildman–Crippen LogP) is 2.78. The quantitative estimate of drug-likeness (QED) is 0.815. The lowest BCUT2D eigenvalue weighted by Crippen LogP contribution is -2.17. The fraction of sp³-hybridized carbons (Fsp3) is 0.500. The van der Waals surface area contributed by atoms with Gasteiger partial charge in [0.2, 0.25) is 5.90 Å². The van der Waals surface area contributed by atoms with E-state index in [-0.39, 0.29) is 5.54 Å². The number of rotatable bonds is 3. The van der Waals surface area contributed by atoms with Gasteiger partial charge in [-0.05, 0) is 31.9 Å². The monoisotopic (exact) mass is 232 g/mol. The summed E-state index contributed by atoms with van der Waals surface area (Å²) in [5.41, 5.74) is 8.96. The van der Waals surface area contributed by atoms with Crippen LogP contribution in [-0.2, 0) is 11.2 Å². The molecule has 0 saturated heterocycles. The number of aryl methyl sites for hydroxylation is 1. The average molecular weight is 232 g/mol. The van der Waals surface area contributed by atoms with Crippen molar-refractivity contribution in [1.82, 2.24) is 0 Å². The molecule has 0 saturated carbocycles. The lowest BCUT2D eigenvalue weighted by atomic mass is 10.0. The van der Waals surface area contributed by atoms with Gasteiger partial charge >= 0.3 is 0 Å². The molecule has 0 atom stereocenters. The summed E-state index contributed by atoms with van der Waals surface area (Å²) < 4.78 is 5.64. The van der Waals surface area contributed by atoms with Crippen molar-refractivity contribution in [2.75, 3.05) is 12.3 Å². The highest BCUT2D eigenvalue weighted by Gasteiger charge is 2.28. The molecule has 0 aromatic heterocycles. The Hall–Kier alpha value is -1.51. The zero-order valence-corrected chi connectivity index (χ0v) is 10.8. The maximum absolute atomic E-state index is 6.18. The minimum atomic E-state index is -0.136. The Labute approximate surface area is 103 Å². The molecule has 1 aromatic rings. The Balaban J connectivity index is 2.37. The van der Waals surface area contributed by atoms with Gasteiger partial charge in [-0.2, -0.15) is 0 Å². The maximum atomic E-state index is 6.18. The summed E-state index contributed by atoms with van der Waals surface area (Å²) >= 11 is 0. The minimum absolute atomic E-state index is 0.136. The normalized spacial score (nSPS) is 17.7. The van der Waals surface area contributed by atoms with Gasteiger partial charge in [0.15, 0.2) is 0 Å². The third kappa shape index (κ3) is 2.43. The van der Waals surface area contributed by atoms with Gasteiger partial charge in [0.05, 0.1) is 11.1 Å². The number of para-hydroxylation sites is 1. The maximum Gasteiger partial charge on any atom is 0.218 e. The lowest BCUT2D eigenvalue weighted by molar-refractivity contribution is 0.279. The molecule has 2 N–H and O–H groups in total. The lowest BCUT2D eigenvalue weighted by Gasteiger charge is -2.09. The Bertz CT molecular complexity index is 450. The number of anilines is 1. The first-order valence-electron chi connectivity index (χ1n) is 6.14. The smallest absolute Gasteiger partial charge is 0.218 e. The summed E-state index contributed by atoms with van der Waals surface area (Å²) in [6, 6.07) is 6.08. The van der Waals surface area contributed by atoms with Crippen LogP contribution in [0.1, 0.15) is 38.3 Å². The fourth-order valence-electron chi connectivity index (χ4n) is 2.01. The topological polar surface area (TPSA) is 47.6 Å². The Kier molecular flexibility index (Phi) is 3.09. The van der Waals surface area contributed by atoms with Crippen LogP contribution in [0.25, 0.3) is 0 Å². The molecule has 1 aliphatic heterocycles. The van der Waals surface area contributed by atoms with Crippen LogP contribution >= 0.6 is 0 Å². The molecule has 17 heavy (non-hydrogen) atoms. The summed E-state index contributed by atoms with van der Waals surface area (Å²) in [6.07, 6.45) is 2.09. The molecule has 1 heterocycles. The zero-order valence-electron chi connectivity index (χ0n) is 10.8. The molecule has 2 rings (SSSR count). The van der Waals surface area contributed by atoms with Gasteiger partial charge in [0, 0.05) is 5.69 Å². The predicted molar refractivity (Wildman–Crippen MR) is 71.4 cm³/mol. The number of benzene rings is 1. The van der Waals surface area contributed by atoms with Crippen LogP contribution in [0.4, 0.5) is 5.69 Å². The molecule has 0 bridgehead atoms. The molecule has 0 fully saturated rings. The summed E-state index contributed by atoms with van der Waals surface area (Å²) in [7, 11) is 0. The number of nitrogen functional groups attached to an aromatic ring is 1. The van der Waals surface area contributed by atoms with Crippen molar-refractivity contribution in [1.29, 1.82) is 0 Å². The van der Waals surface area contributed by atoms with Crippen LogP contribution in [-0.4, -0.2) is 18.0 Å². The zero-order chi connectivity index (χ0) is 12.5. The SMILES string of the molecule is CCCc1cccc(C2=NC(C)(C)CO2)c1N. The van der Waals surface area contributed by atoms with Crippen LogP contribution in [0.2, 0.25) is 0 Å². The highest BCUT2D eigenvalue weighted by atomic mass is 16.5. The van der Waals surface area contributed by atoms with Crippen LogP contribution in [0.3, 0.4) is 0 Å².